The number of rotatable bonds is 5. The summed E-state index contributed by atoms with van der Waals surface area (Å²) in [5.41, 5.74) is 5.85. The van der Waals surface area contributed by atoms with E-state index in [4.69, 9.17) is 0 Å². The Hall–Kier alpha value is -2.47. The van der Waals surface area contributed by atoms with Crippen LogP contribution in [0.3, 0.4) is 0 Å². The van der Waals surface area contributed by atoms with Crippen LogP contribution in [-0.2, 0) is 17.0 Å². The van der Waals surface area contributed by atoms with E-state index in [1.54, 1.807) is 11.8 Å². The lowest BCUT2D eigenvalue weighted by Crippen LogP contribution is -2.67. The van der Waals surface area contributed by atoms with Gasteiger partial charge in [0.1, 0.15) is 0 Å². The molecule has 1 aliphatic carbocycles. The summed E-state index contributed by atoms with van der Waals surface area (Å²) in [6.07, 6.45) is 5.12. The summed E-state index contributed by atoms with van der Waals surface area (Å²) in [6.45, 7) is 0.715. The molecular formula is C24H28N4OS. The number of carbonyl (C=O) groups is 1. The second-order valence-corrected chi connectivity index (χ2v) is 9.25. The lowest BCUT2D eigenvalue weighted by molar-refractivity contribution is -0.155. The molecule has 5 rings (SSSR count). The fourth-order valence-corrected chi connectivity index (χ4v) is 5.89. The molecule has 3 atom stereocenters. The molecule has 0 radical (unpaired) electrons. The second-order valence-electron chi connectivity index (χ2n) is 8.30. The van der Waals surface area contributed by atoms with E-state index in [0.29, 0.717) is 12.5 Å². The van der Waals surface area contributed by atoms with Gasteiger partial charge in [0.2, 0.25) is 5.91 Å². The van der Waals surface area contributed by atoms with Crippen LogP contribution < -0.4 is 5.43 Å². The zero-order valence-electron chi connectivity index (χ0n) is 17.1. The summed E-state index contributed by atoms with van der Waals surface area (Å²) in [5, 5.41) is 5.71. The van der Waals surface area contributed by atoms with E-state index in [1.165, 1.54) is 17.5 Å². The normalized spacial score (nSPS) is 25.4. The first-order valence-corrected chi connectivity index (χ1v) is 11.9. The minimum absolute atomic E-state index is 0.0909. The van der Waals surface area contributed by atoms with Gasteiger partial charge in [-0.2, -0.15) is 5.10 Å². The Balaban J connectivity index is 1.34. The highest BCUT2D eigenvalue weighted by Crippen LogP contribution is 2.39. The summed E-state index contributed by atoms with van der Waals surface area (Å²) >= 11 is 1.77. The molecule has 1 saturated carbocycles. The van der Waals surface area contributed by atoms with Gasteiger partial charge in [0.25, 0.3) is 0 Å². The topological polar surface area (TPSA) is 47.9 Å². The Bertz CT molecular complexity index is 904. The fraction of sp³-hybridized carbons (Fsp3) is 0.417. The van der Waals surface area contributed by atoms with E-state index < -0.39 is 0 Å². The molecule has 1 N–H and O–H groups in total. The molecule has 2 fully saturated rings. The molecule has 156 valence electrons. The van der Waals surface area contributed by atoms with Gasteiger partial charge in [-0.05, 0) is 30.4 Å². The van der Waals surface area contributed by atoms with Crippen LogP contribution in [0.2, 0.25) is 0 Å². The number of hydrazone groups is 1. The van der Waals surface area contributed by atoms with Gasteiger partial charge in [-0.1, -0.05) is 85.3 Å². The molecule has 6 heteroatoms. The second kappa shape index (κ2) is 8.72. The van der Waals surface area contributed by atoms with Crippen LogP contribution in [0.1, 0.15) is 36.8 Å². The predicted octanol–water partition coefficient (Wildman–Crippen LogP) is 4.02. The van der Waals surface area contributed by atoms with Crippen LogP contribution >= 0.6 is 11.8 Å². The number of amidine groups is 1. The monoisotopic (exact) mass is 420 g/mol. The third-order valence-electron chi connectivity index (χ3n) is 6.44. The van der Waals surface area contributed by atoms with E-state index in [-0.39, 0.29) is 18.2 Å². The van der Waals surface area contributed by atoms with E-state index in [0.717, 1.165) is 36.6 Å². The molecule has 2 aliphatic heterocycles. The van der Waals surface area contributed by atoms with Crippen LogP contribution in [0.4, 0.5) is 0 Å². The Morgan fingerprint density at radius 3 is 2.43 bits per heavy atom. The van der Waals surface area contributed by atoms with Crippen molar-refractivity contribution >= 4 is 22.8 Å². The van der Waals surface area contributed by atoms with Gasteiger partial charge in [0.15, 0.2) is 11.5 Å². The van der Waals surface area contributed by atoms with Crippen molar-refractivity contribution < 1.29 is 4.79 Å². The highest BCUT2D eigenvalue weighted by Gasteiger charge is 2.50. The zero-order valence-corrected chi connectivity index (χ0v) is 17.9. The van der Waals surface area contributed by atoms with Gasteiger partial charge in [0.05, 0.1) is 5.92 Å². The Kier molecular flexibility index (Phi) is 5.67. The molecule has 1 saturated heterocycles. The van der Waals surface area contributed by atoms with E-state index in [2.05, 4.69) is 64.0 Å². The average Bonchev–Trinajstić information content (AvgIpc) is 3.23. The first kappa shape index (κ1) is 19.5. The van der Waals surface area contributed by atoms with Gasteiger partial charge in [-0.15, -0.1) is 0 Å². The van der Waals surface area contributed by atoms with Gasteiger partial charge < -0.3 is 9.80 Å². The summed E-state index contributed by atoms with van der Waals surface area (Å²) in [4.78, 5) is 17.8. The summed E-state index contributed by atoms with van der Waals surface area (Å²) in [6, 6.07) is 21.2. The molecule has 0 aromatic heterocycles. The van der Waals surface area contributed by atoms with Crippen LogP contribution in [0.25, 0.3) is 0 Å². The summed E-state index contributed by atoms with van der Waals surface area (Å²) < 4.78 is 0. The molecule has 3 aliphatic rings. The number of hydrogen-bond acceptors (Lipinski definition) is 5. The third-order valence-corrected chi connectivity index (χ3v) is 7.48. The Morgan fingerprint density at radius 2 is 1.67 bits per heavy atom. The van der Waals surface area contributed by atoms with E-state index in [1.807, 2.05) is 17.0 Å². The molecular weight excluding hydrogens is 392 g/mol. The van der Waals surface area contributed by atoms with Crippen molar-refractivity contribution in [3.05, 3.63) is 71.8 Å². The quantitative estimate of drug-likeness (QED) is 0.794. The maximum Gasteiger partial charge on any atom is 0.230 e. The smallest absolute Gasteiger partial charge is 0.230 e. The molecule has 30 heavy (non-hydrogen) atoms. The number of fused-ring (bicyclic) bond motifs is 3. The minimum Gasteiger partial charge on any atom is -0.307 e. The maximum atomic E-state index is 13.4. The van der Waals surface area contributed by atoms with Crippen molar-refractivity contribution in [1.29, 1.82) is 0 Å². The van der Waals surface area contributed by atoms with Crippen LogP contribution in [-0.4, -0.2) is 39.8 Å². The Labute approximate surface area is 182 Å². The lowest BCUT2D eigenvalue weighted by atomic mass is 9.81. The zero-order chi connectivity index (χ0) is 20.3. The molecule has 1 amide bonds. The third kappa shape index (κ3) is 3.81. The molecule has 3 unspecified atom stereocenters. The largest absolute Gasteiger partial charge is 0.307 e. The molecule has 5 nitrogen and oxygen atoms in total. The standard InChI is InChI=1S/C24H28N4OS/c29-22-20-13-7-8-14-21(20)28-23(27(22)16-15-18-9-3-1-4-10-18)25-26-24(28)30-17-19-11-5-2-6-12-19/h1-6,9-12,20-21,23,25H,7-8,13-17H2. The fourth-order valence-electron chi connectivity index (χ4n) is 4.90. The van der Waals surface area contributed by atoms with Gasteiger partial charge in [-0.3, -0.25) is 10.2 Å². The van der Waals surface area contributed by atoms with Gasteiger partial charge >= 0.3 is 0 Å². The maximum absolute atomic E-state index is 13.4. The summed E-state index contributed by atoms with van der Waals surface area (Å²) in [5.74, 6) is 1.28. The van der Waals surface area contributed by atoms with Crippen molar-refractivity contribution in [3.8, 4) is 0 Å². The molecule has 2 aromatic carbocycles. The molecule has 0 spiro atoms. The number of carbonyl (C=O) groups excluding carboxylic acids is 1. The molecule has 2 heterocycles. The SMILES string of the molecule is O=C1C2CCCCC2N2C(SCc3ccccc3)=NNC2N1CCc1ccccc1. The number of thioether (sulfide) groups is 1. The minimum atomic E-state index is -0.154. The van der Waals surface area contributed by atoms with Crippen LogP contribution in [0.5, 0.6) is 0 Å². The van der Waals surface area contributed by atoms with Crippen LogP contribution in [0, 0.1) is 5.92 Å². The first-order valence-electron chi connectivity index (χ1n) is 10.9. The molecule has 2 aromatic rings. The first-order chi connectivity index (χ1) is 14.8. The number of hydrogen-bond donors (Lipinski definition) is 1. The number of nitrogens with zero attached hydrogens (tertiary/aromatic N) is 3. The number of nitrogens with one attached hydrogen (secondary N) is 1. The highest BCUT2D eigenvalue weighted by molar-refractivity contribution is 8.13. The summed E-state index contributed by atoms with van der Waals surface area (Å²) in [7, 11) is 0. The van der Waals surface area contributed by atoms with E-state index >= 15 is 0 Å². The number of amides is 1. The van der Waals surface area contributed by atoms with Crippen molar-refractivity contribution in [2.24, 2.45) is 11.0 Å². The lowest BCUT2D eigenvalue weighted by Gasteiger charge is -2.50. The van der Waals surface area contributed by atoms with Crippen molar-refractivity contribution in [1.82, 2.24) is 15.2 Å². The Morgan fingerprint density at radius 1 is 0.967 bits per heavy atom. The van der Waals surface area contributed by atoms with Crippen LogP contribution in [0.15, 0.2) is 65.8 Å². The van der Waals surface area contributed by atoms with Crippen molar-refractivity contribution in [3.63, 3.8) is 0 Å². The predicted molar refractivity (Wildman–Crippen MR) is 122 cm³/mol. The van der Waals surface area contributed by atoms with Gasteiger partial charge in [-0.25, -0.2) is 0 Å². The number of benzene rings is 2. The average molecular weight is 421 g/mol. The van der Waals surface area contributed by atoms with Crippen molar-refractivity contribution in [2.45, 2.75) is 50.2 Å². The van der Waals surface area contributed by atoms with E-state index in [9.17, 15) is 4.79 Å². The molecule has 0 bridgehead atoms. The highest BCUT2D eigenvalue weighted by atomic mass is 32.2. The van der Waals surface area contributed by atoms with Gasteiger partial charge in [0, 0.05) is 18.3 Å². The van der Waals surface area contributed by atoms with Crippen molar-refractivity contribution in [2.75, 3.05) is 6.54 Å².